The number of nitrogens with one attached hydrogen (secondary N) is 2. The van der Waals surface area contributed by atoms with Gasteiger partial charge in [-0.2, -0.15) is 0 Å². The molecule has 6 aliphatic heterocycles. The fraction of sp³-hybridized carbons (Fsp3) is 0.322. The summed E-state index contributed by atoms with van der Waals surface area (Å²) in [5.74, 6) is 54.9. The Morgan fingerprint density at radius 3 is 1.27 bits per heavy atom. The Morgan fingerprint density at radius 2 is 0.918 bits per heavy atom. The number of ether oxygens (including phenoxy) is 7. The van der Waals surface area contributed by atoms with Gasteiger partial charge in [0.05, 0.1) is 65.0 Å². The van der Waals surface area contributed by atoms with E-state index in [0.717, 1.165) is 123 Å². The molecular formula is C90H86Br2N4O12S2. The first kappa shape index (κ1) is 90.8. The molecule has 12 rings (SSSR count). The predicted molar refractivity (Wildman–Crippen MR) is 434 cm³/mol. The fourth-order valence-electron chi connectivity index (χ4n) is 11.4. The number of nitrogens with zero attached hydrogens (tertiary/aromatic N) is 2. The number of anilines is 2. The van der Waals surface area contributed by atoms with Crippen LogP contribution in [-0.4, -0.2) is 137 Å². The van der Waals surface area contributed by atoms with Crippen LogP contribution in [-0.2, 0) is 38.1 Å². The van der Waals surface area contributed by atoms with Crippen molar-refractivity contribution in [3.8, 4) is 155 Å². The molecule has 2 unspecified atom stereocenters. The van der Waals surface area contributed by atoms with E-state index in [1.54, 1.807) is 38.3 Å². The summed E-state index contributed by atoms with van der Waals surface area (Å²) >= 11 is 5.91. The van der Waals surface area contributed by atoms with Gasteiger partial charge in [0.25, 0.3) is 0 Å². The Bertz CT molecular complexity index is 4670. The maximum Gasteiger partial charge on any atom is 0.350 e. The number of esters is 5. The molecule has 6 aromatic rings. The van der Waals surface area contributed by atoms with E-state index in [1.807, 2.05) is 127 Å². The van der Waals surface area contributed by atoms with Gasteiger partial charge in [0.2, 0.25) is 0 Å². The quantitative estimate of drug-likeness (QED) is 0.0164. The highest BCUT2D eigenvalue weighted by molar-refractivity contribution is 9.09. The number of thiophene rings is 2. The number of hydrogen-bond donors (Lipinski definition) is 2. The van der Waals surface area contributed by atoms with Gasteiger partial charge in [-0.3, -0.25) is 9.69 Å². The summed E-state index contributed by atoms with van der Waals surface area (Å²) in [6.45, 7) is 15.6. The first-order valence-electron chi connectivity index (χ1n) is 35.0. The number of carbonyl (C=O) groups excluding carboxylic acids is 5. The molecule has 6 saturated heterocycles. The Labute approximate surface area is 676 Å². The zero-order valence-corrected chi connectivity index (χ0v) is 67.2. The summed E-state index contributed by atoms with van der Waals surface area (Å²) in [6, 6.07) is 40.9. The van der Waals surface area contributed by atoms with Gasteiger partial charge in [-0.1, -0.05) is 125 Å². The van der Waals surface area contributed by atoms with Crippen LogP contribution in [0.15, 0.2) is 144 Å². The highest BCUT2D eigenvalue weighted by Gasteiger charge is 2.48. The van der Waals surface area contributed by atoms with E-state index >= 15 is 0 Å². The standard InChI is InChI=1S/C30H34N2O5S.C21H24N2O4S.C15H4.C11H4.C9H11BrO.C4H8O2.BrH/c1-35-30(34)28-25(15-20-38-28)31-27(23-9-4-2-5-10-23)29(33)37-26-21-32(17-13-22(26)14-18-32)16-8-19-36-24-11-6-3-7-12-24;1-26-21(25)19-16(9-12-28-19)22-18(15-5-3-2-4-6-15)20(24)27-17-13-23-10-7-14(17)8-11-23;1-3-5-7-9-11-13-15-14-12-10-8-6-4-2;1-3-5-7-9-11-10-8-6-4-2;10-7-4-8-11-9-5-2-1-3-6-9;1-3-6-4(2)5;/h2-7,9-12,15,20,22,26-27H,8,13-14,16-19,21H2,1H3;2-6,9,12,14,17-18,22H,7-8,10-11,13H2,1H3;1H,2H3;1H,2H3;1-3,5-6H,4,7-8H2;3H2,1-2H3;1H/t22?,26-,27?,32?;17-,18?;;;;;/m00...../s1. The largest absolute Gasteiger partial charge is 1.00 e. The summed E-state index contributed by atoms with van der Waals surface area (Å²) in [5.41, 5.74) is 2.75. The first-order valence-corrected chi connectivity index (χ1v) is 37.9. The SMILES string of the molecule is BrCCCOc1ccccc1.C#CC#CC#CC#CC#CC.C#CC#CC#CC#CC#CC#CC#CC.CCOC(C)=O.COC(=O)c1sccc1NC(C(=O)O[C@H]1CN2CCC1CC2)c1ccccc1.COC(=O)c1sccc1NC(C(=O)O[C@H]1C[N+]2(CCCOc3ccccc3)CCC1CC2)c1ccccc1.[Br-]. The van der Waals surface area contributed by atoms with Crippen molar-refractivity contribution in [1.82, 2.24) is 4.90 Å². The number of piperidine rings is 6. The second kappa shape index (κ2) is 54.9. The Morgan fingerprint density at radius 1 is 0.536 bits per heavy atom. The van der Waals surface area contributed by atoms with Gasteiger partial charge in [0.1, 0.15) is 33.9 Å². The molecule has 8 heterocycles. The van der Waals surface area contributed by atoms with E-state index in [2.05, 4.69) is 166 Å². The molecule has 0 spiro atoms. The number of fused-ring (bicyclic) bond motifs is 6. The molecule has 0 saturated carbocycles. The average molecular weight is 1640 g/mol. The van der Waals surface area contributed by atoms with Crippen molar-refractivity contribution in [1.29, 1.82) is 0 Å². The molecule has 110 heavy (non-hydrogen) atoms. The highest BCUT2D eigenvalue weighted by Crippen LogP contribution is 2.38. The van der Waals surface area contributed by atoms with Crippen LogP contribution in [0, 0.1) is 155 Å². The Hall–Kier alpha value is -11.6. The van der Waals surface area contributed by atoms with Gasteiger partial charge in [-0.15, -0.1) is 35.5 Å². The molecule has 6 aliphatic rings. The van der Waals surface area contributed by atoms with Crippen molar-refractivity contribution < 1.29 is 78.6 Å². The molecule has 2 N–H and O–H groups in total. The maximum absolute atomic E-state index is 13.7. The number of methoxy groups -OCH3 is 2. The van der Waals surface area contributed by atoms with Gasteiger partial charge >= 0.3 is 29.8 Å². The van der Waals surface area contributed by atoms with E-state index < -0.39 is 24.0 Å². The van der Waals surface area contributed by atoms with Crippen molar-refractivity contribution in [3.05, 3.63) is 165 Å². The third kappa shape index (κ3) is 34.5. The van der Waals surface area contributed by atoms with E-state index in [0.29, 0.717) is 46.2 Å². The molecule has 0 radical (unpaired) electrons. The van der Waals surface area contributed by atoms with Crippen LogP contribution < -0.4 is 37.1 Å². The lowest BCUT2D eigenvalue weighted by molar-refractivity contribution is -0.946. The predicted octanol–water partition coefficient (Wildman–Crippen LogP) is 10.4. The number of para-hydroxylation sites is 2. The number of quaternary nitrogens is 1. The number of halogens is 2. The summed E-state index contributed by atoms with van der Waals surface area (Å²) in [7, 11) is 2.71. The zero-order valence-electron chi connectivity index (χ0n) is 62.4. The van der Waals surface area contributed by atoms with Crippen molar-refractivity contribution in [2.24, 2.45) is 11.8 Å². The third-order valence-electron chi connectivity index (χ3n) is 16.4. The summed E-state index contributed by atoms with van der Waals surface area (Å²) in [5, 5.41) is 11.1. The lowest BCUT2D eigenvalue weighted by atomic mass is 9.83. The second-order valence-electron chi connectivity index (χ2n) is 23.6. The Balaban J connectivity index is 0.000000309. The van der Waals surface area contributed by atoms with Gasteiger partial charge < -0.3 is 65.3 Å². The van der Waals surface area contributed by atoms with Crippen molar-refractivity contribution in [2.45, 2.75) is 90.5 Å². The Kier molecular flexibility index (Phi) is 45.3. The average Bonchev–Trinajstić information content (AvgIpc) is 0.945. The summed E-state index contributed by atoms with van der Waals surface area (Å²) in [4.78, 5) is 64.1. The summed E-state index contributed by atoms with van der Waals surface area (Å²) < 4.78 is 38.7. The minimum absolute atomic E-state index is 0. The van der Waals surface area contributed by atoms with Crippen LogP contribution in [0.1, 0.15) is 109 Å². The lowest BCUT2D eigenvalue weighted by Crippen LogP contribution is -3.00. The molecule has 0 aliphatic carbocycles. The molecule has 564 valence electrons. The summed E-state index contributed by atoms with van der Waals surface area (Å²) in [6.07, 6.45) is 15.8. The van der Waals surface area contributed by atoms with Crippen LogP contribution in [0.25, 0.3) is 0 Å². The number of carbonyl (C=O) groups is 5. The number of terminal acetylenes is 2. The second-order valence-corrected chi connectivity index (χ2v) is 26.2. The van der Waals surface area contributed by atoms with Crippen LogP contribution in [0.2, 0.25) is 0 Å². The van der Waals surface area contributed by atoms with Gasteiger partial charge in [-0.25, -0.2) is 19.2 Å². The van der Waals surface area contributed by atoms with E-state index in [1.165, 1.54) is 43.8 Å². The fourth-order valence-corrected chi connectivity index (χ4v) is 13.1. The number of alkyl halides is 1. The molecule has 6 fully saturated rings. The van der Waals surface area contributed by atoms with E-state index in [-0.39, 0.29) is 47.1 Å². The van der Waals surface area contributed by atoms with E-state index in [9.17, 15) is 24.0 Å². The monoisotopic (exact) mass is 1640 g/mol. The number of hydrogen-bond acceptors (Lipinski definition) is 17. The molecule has 20 heteroatoms. The van der Waals surface area contributed by atoms with Crippen molar-refractivity contribution in [2.75, 3.05) is 95.8 Å². The molecule has 2 aromatic heterocycles. The molecular weight excluding hydrogens is 1550 g/mol. The van der Waals surface area contributed by atoms with Gasteiger partial charge in [0, 0.05) is 44.0 Å². The topological polar surface area (TPSA) is 177 Å². The van der Waals surface area contributed by atoms with Gasteiger partial charge in [0.15, 0.2) is 18.2 Å². The maximum atomic E-state index is 13.7. The van der Waals surface area contributed by atoms with Crippen molar-refractivity contribution in [3.63, 3.8) is 0 Å². The third-order valence-corrected chi connectivity index (χ3v) is 18.8. The lowest BCUT2D eigenvalue weighted by Gasteiger charge is -2.52. The molecule has 4 atom stereocenters. The number of rotatable bonds is 22. The van der Waals surface area contributed by atoms with Gasteiger partial charge in [-0.05, 0) is 236 Å². The minimum Gasteiger partial charge on any atom is -1.00 e. The molecule has 4 bridgehead atoms. The van der Waals surface area contributed by atoms with Crippen LogP contribution in [0.4, 0.5) is 11.4 Å². The van der Waals surface area contributed by atoms with Crippen LogP contribution in [0.5, 0.6) is 11.5 Å². The van der Waals surface area contributed by atoms with Crippen LogP contribution in [0.3, 0.4) is 0 Å². The normalized spacial score (nSPS) is 16.4. The zero-order chi connectivity index (χ0) is 78.4. The van der Waals surface area contributed by atoms with Crippen LogP contribution >= 0.6 is 38.6 Å². The number of benzene rings is 4. The first-order chi connectivity index (χ1) is 53.2. The van der Waals surface area contributed by atoms with Crippen molar-refractivity contribution >= 4 is 79.8 Å². The smallest absolute Gasteiger partial charge is 0.350 e. The minimum atomic E-state index is -0.725. The molecule has 4 aromatic carbocycles. The van der Waals surface area contributed by atoms with E-state index in [4.69, 9.17) is 41.3 Å². The highest BCUT2D eigenvalue weighted by atomic mass is 79.9. The molecule has 0 amide bonds. The molecule has 16 nitrogen and oxygen atoms in total.